The molecule has 1 saturated heterocycles. The first-order valence-corrected chi connectivity index (χ1v) is 10.1. The lowest BCUT2D eigenvalue weighted by molar-refractivity contribution is -0.0898. The second-order valence-electron chi connectivity index (χ2n) is 8.47. The van der Waals surface area contributed by atoms with Gasteiger partial charge >= 0.3 is 0 Å². The van der Waals surface area contributed by atoms with Gasteiger partial charge < -0.3 is 26.3 Å². The Hall–Kier alpha value is -2.36. The molecule has 0 amide bonds. The molecule has 2 heterocycles. The number of H-pyrrole nitrogens is 1. The van der Waals surface area contributed by atoms with Gasteiger partial charge in [0.2, 0.25) is 5.92 Å². The van der Waals surface area contributed by atoms with E-state index in [0.29, 0.717) is 36.7 Å². The number of hydrogen-bond acceptors (Lipinski definition) is 5. The SMILES string of the molecule is C=C1NC(C(C)(F)F)CN1C/C(C=N)=C/c1ncc(CN)[nH]1.CCC(C)(C)C(C)(F)F. The third-order valence-corrected chi connectivity index (χ3v) is 5.56. The van der Waals surface area contributed by atoms with Gasteiger partial charge in [0.15, 0.2) is 0 Å². The van der Waals surface area contributed by atoms with E-state index in [-0.39, 0.29) is 6.54 Å². The van der Waals surface area contributed by atoms with Crippen molar-refractivity contribution in [3.05, 3.63) is 35.7 Å². The van der Waals surface area contributed by atoms with Gasteiger partial charge in [0.1, 0.15) is 11.9 Å². The molecule has 0 aromatic carbocycles. The molecule has 0 bridgehead atoms. The van der Waals surface area contributed by atoms with Crippen LogP contribution in [0.25, 0.3) is 6.08 Å². The number of imidazole rings is 1. The van der Waals surface area contributed by atoms with Crippen molar-refractivity contribution in [2.75, 3.05) is 13.1 Å². The molecule has 0 radical (unpaired) electrons. The van der Waals surface area contributed by atoms with E-state index in [2.05, 4.69) is 21.9 Å². The number of alkyl halides is 4. The van der Waals surface area contributed by atoms with Crippen molar-refractivity contribution in [3.8, 4) is 0 Å². The molecular formula is C21H34F4N6. The highest BCUT2D eigenvalue weighted by molar-refractivity contribution is 5.83. The summed E-state index contributed by atoms with van der Waals surface area (Å²) in [5, 5.41) is 10.2. The van der Waals surface area contributed by atoms with E-state index in [1.807, 2.05) is 0 Å². The first-order chi connectivity index (χ1) is 14.1. The summed E-state index contributed by atoms with van der Waals surface area (Å²) in [4.78, 5) is 8.82. The van der Waals surface area contributed by atoms with Crippen LogP contribution in [-0.4, -0.2) is 52.1 Å². The van der Waals surface area contributed by atoms with Crippen LogP contribution < -0.4 is 11.1 Å². The van der Waals surface area contributed by atoms with E-state index in [1.54, 1.807) is 37.9 Å². The third-order valence-electron chi connectivity index (χ3n) is 5.56. The maximum atomic E-state index is 13.4. The van der Waals surface area contributed by atoms with Crippen LogP contribution in [-0.2, 0) is 6.54 Å². The fourth-order valence-electron chi connectivity index (χ4n) is 2.51. The minimum atomic E-state index is -2.83. The summed E-state index contributed by atoms with van der Waals surface area (Å²) < 4.78 is 51.7. The minimum Gasteiger partial charge on any atom is -0.362 e. The van der Waals surface area contributed by atoms with Gasteiger partial charge in [-0.1, -0.05) is 27.4 Å². The number of aromatic nitrogens is 2. The predicted octanol–water partition coefficient (Wildman–Crippen LogP) is 4.38. The van der Waals surface area contributed by atoms with Gasteiger partial charge in [0.05, 0.1) is 5.82 Å². The fourth-order valence-corrected chi connectivity index (χ4v) is 2.51. The largest absolute Gasteiger partial charge is 0.362 e. The van der Waals surface area contributed by atoms with Crippen LogP contribution in [0, 0.1) is 10.8 Å². The fraction of sp³-hybridized carbons (Fsp3) is 0.619. The van der Waals surface area contributed by atoms with Gasteiger partial charge in [-0.3, -0.25) is 0 Å². The van der Waals surface area contributed by atoms with Gasteiger partial charge in [-0.2, -0.15) is 0 Å². The topological polar surface area (TPSA) is 93.8 Å². The summed E-state index contributed by atoms with van der Waals surface area (Å²) in [5.41, 5.74) is 6.05. The third kappa shape index (κ3) is 7.68. The van der Waals surface area contributed by atoms with Crippen molar-refractivity contribution in [3.63, 3.8) is 0 Å². The molecule has 31 heavy (non-hydrogen) atoms. The van der Waals surface area contributed by atoms with E-state index in [4.69, 9.17) is 11.1 Å². The summed E-state index contributed by atoms with van der Waals surface area (Å²) >= 11 is 0. The predicted molar refractivity (Wildman–Crippen MR) is 116 cm³/mol. The highest BCUT2D eigenvalue weighted by Gasteiger charge is 2.41. The molecule has 10 heteroatoms. The minimum absolute atomic E-state index is 0.139. The average Bonchev–Trinajstić information content (AvgIpc) is 3.27. The van der Waals surface area contributed by atoms with Crippen LogP contribution in [0.2, 0.25) is 0 Å². The van der Waals surface area contributed by atoms with E-state index in [1.165, 1.54) is 6.21 Å². The maximum absolute atomic E-state index is 13.4. The standard InChI is InChI=1S/C14H20F2N6.C7H14F2/c1-9-20-12(14(2,15)16)8-22(9)7-10(4-17)3-13-19-6-11(5-18)21-13;1-5-6(2,3)7(4,8)9/h3-4,6,12,17,20H,1,5,7-8,18H2,2H3,(H,19,21);5H2,1-4H3/b10-3+,17-4?;. The number of nitrogens with one attached hydrogen (secondary N) is 3. The number of nitrogens with two attached hydrogens (primary N) is 1. The number of halogens is 4. The Balaban J connectivity index is 0.000000452. The van der Waals surface area contributed by atoms with E-state index in [0.717, 1.165) is 19.5 Å². The summed E-state index contributed by atoms with van der Waals surface area (Å²) in [6.45, 7) is 11.3. The normalized spacial score (nSPS) is 17.9. The van der Waals surface area contributed by atoms with Crippen LogP contribution in [0.1, 0.15) is 52.6 Å². The molecule has 1 aromatic rings. The maximum Gasteiger partial charge on any atom is 0.266 e. The van der Waals surface area contributed by atoms with Crippen molar-refractivity contribution in [2.45, 2.75) is 65.5 Å². The van der Waals surface area contributed by atoms with Gasteiger partial charge in [0.25, 0.3) is 5.92 Å². The molecular weight excluding hydrogens is 412 g/mol. The molecule has 1 aliphatic heterocycles. The van der Waals surface area contributed by atoms with Gasteiger partial charge in [-0.15, -0.1) is 0 Å². The Labute approximate surface area is 181 Å². The molecule has 1 aromatic heterocycles. The Bertz CT molecular complexity index is 774. The lowest BCUT2D eigenvalue weighted by Gasteiger charge is -2.29. The van der Waals surface area contributed by atoms with Crippen molar-refractivity contribution in [2.24, 2.45) is 11.1 Å². The average molecular weight is 447 g/mol. The number of hydrogen-bond donors (Lipinski definition) is 4. The molecule has 0 aliphatic carbocycles. The van der Waals surface area contributed by atoms with E-state index < -0.39 is 23.3 Å². The molecule has 6 nitrogen and oxygen atoms in total. The Kier molecular flexibility index (Phi) is 8.86. The highest BCUT2D eigenvalue weighted by Crippen LogP contribution is 2.38. The van der Waals surface area contributed by atoms with Crippen LogP contribution in [0.15, 0.2) is 24.2 Å². The van der Waals surface area contributed by atoms with Crippen molar-refractivity contribution < 1.29 is 17.6 Å². The smallest absolute Gasteiger partial charge is 0.266 e. The van der Waals surface area contributed by atoms with Gasteiger partial charge in [0, 0.05) is 50.1 Å². The van der Waals surface area contributed by atoms with Crippen molar-refractivity contribution in [1.29, 1.82) is 5.41 Å². The molecule has 1 unspecified atom stereocenters. The lowest BCUT2D eigenvalue weighted by Crippen LogP contribution is -2.40. The van der Waals surface area contributed by atoms with Crippen molar-refractivity contribution in [1.82, 2.24) is 20.2 Å². The zero-order chi connectivity index (χ0) is 24.0. The zero-order valence-electron chi connectivity index (χ0n) is 18.8. The molecule has 176 valence electrons. The molecule has 5 N–H and O–H groups in total. The lowest BCUT2D eigenvalue weighted by atomic mass is 9.84. The summed E-state index contributed by atoms with van der Waals surface area (Å²) in [5.74, 6) is -4.37. The number of aromatic amines is 1. The summed E-state index contributed by atoms with van der Waals surface area (Å²) in [6.07, 6.45) is 5.00. The number of rotatable bonds is 8. The Morgan fingerprint density at radius 3 is 2.29 bits per heavy atom. The molecule has 2 rings (SSSR count). The Morgan fingerprint density at radius 1 is 1.32 bits per heavy atom. The molecule has 0 spiro atoms. The monoisotopic (exact) mass is 446 g/mol. The Morgan fingerprint density at radius 2 is 1.94 bits per heavy atom. The molecule has 1 atom stereocenters. The summed E-state index contributed by atoms with van der Waals surface area (Å²) in [6, 6.07) is -0.973. The van der Waals surface area contributed by atoms with Crippen LogP contribution in [0.3, 0.4) is 0 Å². The molecule has 0 saturated carbocycles. The van der Waals surface area contributed by atoms with Crippen LogP contribution in [0.4, 0.5) is 17.6 Å². The number of nitrogens with zero attached hydrogens (tertiary/aromatic N) is 2. The van der Waals surface area contributed by atoms with E-state index in [9.17, 15) is 17.6 Å². The quantitative estimate of drug-likeness (QED) is 0.352. The summed E-state index contributed by atoms with van der Waals surface area (Å²) in [7, 11) is 0. The first-order valence-electron chi connectivity index (χ1n) is 10.1. The second kappa shape index (κ2) is 10.3. The molecule has 1 aliphatic rings. The zero-order valence-corrected chi connectivity index (χ0v) is 18.8. The van der Waals surface area contributed by atoms with E-state index >= 15 is 0 Å². The van der Waals surface area contributed by atoms with Crippen LogP contribution >= 0.6 is 0 Å². The van der Waals surface area contributed by atoms with Crippen molar-refractivity contribution >= 4 is 12.3 Å². The van der Waals surface area contributed by atoms with Crippen LogP contribution in [0.5, 0.6) is 0 Å². The highest BCUT2D eigenvalue weighted by atomic mass is 19.3. The molecule has 1 fully saturated rings. The van der Waals surface area contributed by atoms with Gasteiger partial charge in [-0.05, 0) is 25.0 Å². The van der Waals surface area contributed by atoms with Gasteiger partial charge in [-0.25, -0.2) is 22.5 Å². The first kappa shape index (κ1) is 26.7. The second-order valence-corrected chi connectivity index (χ2v) is 8.47.